The maximum atomic E-state index is 11.2. The maximum absolute atomic E-state index is 11.2. The third-order valence-electron chi connectivity index (χ3n) is 2.62. The number of nitrogens with one attached hydrogen (secondary N) is 1. The van der Waals surface area contributed by atoms with Gasteiger partial charge in [0.2, 0.25) is 0 Å². The summed E-state index contributed by atoms with van der Waals surface area (Å²) in [4.78, 5) is 0. The van der Waals surface area contributed by atoms with E-state index in [9.17, 15) is 8.42 Å². The van der Waals surface area contributed by atoms with Crippen molar-refractivity contribution in [1.82, 2.24) is 5.32 Å². The highest BCUT2D eigenvalue weighted by molar-refractivity contribution is 7.91. The summed E-state index contributed by atoms with van der Waals surface area (Å²) in [5, 5.41) is 3.24. The standard InChI is InChI=1S/C9H19NO3S/c1-3-14(11,12)7-5-10-9(2)4-6-13-8-9/h10H,3-8H2,1-2H3. The number of ether oxygens (including phenoxy) is 1. The zero-order valence-corrected chi connectivity index (χ0v) is 9.69. The molecule has 0 aliphatic carbocycles. The molecule has 0 aromatic heterocycles. The fourth-order valence-electron chi connectivity index (χ4n) is 1.46. The Hall–Kier alpha value is -0.130. The first kappa shape index (κ1) is 11.9. The van der Waals surface area contributed by atoms with Gasteiger partial charge in [-0.05, 0) is 13.3 Å². The molecule has 1 unspecified atom stereocenters. The van der Waals surface area contributed by atoms with Gasteiger partial charge in [0.15, 0.2) is 9.84 Å². The first-order valence-electron chi connectivity index (χ1n) is 5.01. The molecule has 0 saturated carbocycles. The Labute approximate surface area is 85.9 Å². The van der Waals surface area contributed by atoms with Crippen LogP contribution < -0.4 is 5.32 Å². The molecule has 5 heteroatoms. The van der Waals surface area contributed by atoms with Gasteiger partial charge >= 0.3 is 0 Å². The summed E-state index contributed by atoms with van der Waals surface area (Å²) < 4.78 is 27.7. The van der Waals surface area contributed by atoms with Crippen LogP contribution in [-0.2, 0) is 14.6 Å². The van der Waals surface area contributed by atoms with Gasteiger partial charge in [0.25, 0.3) is 0 Å². The summed E-state index contributed by atoms with van der Waals surface area (Å²) in [6.45, 7) is 5.72. The van der Waals surface area contributed by atoms with Gasteiger partial charge in [-0.2, -0.15) is 0 Å². The molecule has 14 heavy (non-hydrogen) atoms. The monoisotopic (exact) mass is 221 g/mol. The van der Waals surface area contributed by atoms with Crippen molar-refractivity contribution < 1.29 is 13.2 Å². The largest absolute Gasteiger partial charge is 0.379 e. The van der Waals surface area contributed by atoms with E-state index in [0.29, 0.717) is 13.2 Å². The minimum atomic E-state index is -2.84. The molecule has 1 atom stereocenters. The van der Waals surface area contributed by atoms with Gasteiger partial charge in [-0.3, -0.25) is 0 Å². The van der Waals surface area contributed by atoms with Crippen molar-refractivity contribution in [3.05, 3.63) is 0 Å². The summed E-state index contributed by atoms with van der Waals surface area (Å²) in [5.41, 5.74) is -0.0245. The van der Waals surface area contributed by atoms with Crippen LogP contribution in [0.5, 0.6) is 0 Å². The van der Waals surface area contributed by atoms with Gasteiger partial charge in [0.05, 0.1) is 12.4 Å². The van der Waals surface area contributed by atoms with Crippen LogP contribution in [-0.4, -0.2) is 45.2 Å². The Kier molecular flexibility index (Phi) is 3.92. The molecule has 0 amide bonds. The van der Waals surface area contributed by atoms with Crippen molar-refractivity contribution in [2.45, 2.75) is 25.8 Å². The normalized spacial score (nSPS) is 28.1. The number of rotatable bonds is 5. The third kappa shape index (κ3) is 3.55. The fraction of sp³-hybridized carbons (Fsp3) is 1.00. The highest BCUT2D eigenvalue weighted by atomic mass is 32.2. The van der Waals surface area contributed by atoms with Gasteiger partial charge in [0, 0.05) is 24.4 Å². The Balaban J connectivity index is 2.27. The lowest BCUT2D eigenvalue weighted by Gasteiger charge is -2.23. The average Bonchev–Trinajstić information content (AvgIpc) is 2.52. The SMILES string of the molecule is CCS(=O)(=O)CCNC1(C)CCOC1. The van der Waals surface area contributed by atoms with Crippen LogP contribution in [0.25, 0.3) is 0 Å². The smallest absolute Gasteiger partial charge is 0.151 e. The minimum absolute atomic E-state index is 0.0245. The molecule has 0 spiro atoms. The van der Waals surface area contributed by atoms with Crippen LogP contribution in [0.2, 0.25) is 0 Å². The van der Waals surface area contributed by atoms with Crippen molar-refractivity contribution in [2.24, 2.45) is 0 Å². The molecule has 1 heterocycles. The van der Waals surface area contributed by atoms with Gasteiger partial charge in [-0.15, -0.1) is 0 Å². The molecule has 84 valence electrons. The van der Waals surface area contributed by atoms with E-state index in [4.69, 9.17) is 4.74 Å². The van der Waals surface area contributed by atoms with E-state index in [1.807, 2.05) is 0 Å². The third-order valence-corrected chi connectivity index (χ3v) is 4.33. The van der Waals surface area contributed by atoms with E-state index in [2.05, 4.69) is 12.2 Å². The van der Waals surface area contributed by atoms with Gasteiger partial charge in [-0.25, -0.2) is 8.42 Å². The predicted molar refractivity (Wildman–Crippen MR) is 56.2 cm³/mol. The molecule has 0 aromatic rings. The van der Waals surface area contributed by atoms with Crippen molar-refractivity contribution in [1.29, 1.82) is 0 Å². The molecule has 1 fully saturated rings. The van der Waals surface area contributed by atoms with Crippen LogP contribution in [0.15, 0.2) is 0 Å². The first-order valence-corrected chi connectivity index (χ1v) is 6.83. The van der Waals surface area contributed by atoms with E-state index in [1.54, 1.807) is 6.92 Å². The zero-order valence-electron chi connectivity index (χ0n) is 8.88. The Morgan fingerprint density at radius 3 is 2.71 bits per heavy atom. The molecular weight excluding hydrogens is 202 g/mol. The topological polar surface area (TPSA) is 55.4 Å². The molecule has 1 aliphatic rings. The van der Waals surface area contributed by atoms with Crippen LogP contribution in [0.1, 0.15) is 20.3 Å². The molecule has 4 nitrogen and oxygen atoms in total. The molecule has 0 bridgehead atoms. The predicted octanol–water partition coefficient (Wildman–Crippen LogP) is 0.190. The molecule has 1 aliphatic heterocycles. The lowest BCUT2D eigenvalue weighted by atomic mass is 10.0. The van der Waals surface area contributed by atoms with Crippen LogP contribution in [0, 0.1) is 0 Å². The molecule has 1 rings (SSSR count). The lowest BCUT2D eigenvalue weighted by Crippen LogP contribution is -2.44. The summed E-state index contributed by atoms with van der Waals surface area (Å²) >= 11 is 0. The molecule has 0 aromatic carbocycles. The van der Waals surface area contributed by atoms with E-state index >= 15 is 0 Å². The highest BCUT2D eigenvalue weighted by Gasteiger charge is 2.28. The van der Waals surface area contributed by atoms with Crippen LogP contribution in [0.4, 0.5) is 0 Å². The van der Waals surface area contributed by atoms with Gasteiger partial charge in [0.1, 0.15) is 0 Å². The van der Waals surface area contributed by atoms with E-state index in [0.717, 1.165) is 13.0 Å². The summed E-state index contributed by atoms with van der Waals surface area (Å²) in [6, 6.07) is 0. The first-order chi connectivity index (χ1) is 6.47. The van der Waals surface area contributed by atoms with Crippen molar-refractivity contribution in [2.75, 3.05) is 31.3 Å². The average molecular weight is 221 g/mol. The fourth-order valence-corrected chi connectivity index (χ4v) is 2.16. The Morgan fingerprint density at radius 1 is 1.50 bits per heavy atom. The number of sulfone groups is 1. The van der Waals surface area contributed by atoms with E-state index in [-0.39, 0.29) is 17.0 Å². The molecule has 0 radical (unpaired) electrons. The van der Waals surface area contributed by atoms with Crippen molar-refractivity contribution in [3.8, 4) is 0 Å². The summed E-state index contributed by atoms with van der Waals surface area (Å²) in [7, 11) is -2.84. The summed E-state index contributed by atoms with van der Waals surface area (Å²) in [6.07, 6.45) is 0.958. The van der Waals surface area contributed by atoms with Crippen molar-refractivity contribution in [3.63, 3.8) is 0 Å². The second-order valence-corrected chi connectivity index (χ2v) is 6.50. The van der Waals surface area contributed by atoms with Crippen LogP contribution >= 0.6 is 0 Å². The quantitative estimate of drug-likeness (QED) is 0.720. The van der Waals surface area contributed by atoms with Gasteiger partial charge < -0.3 is 10.1 Å². The molecular formula is C9H19NO3S. The van der Waals surface area contributed by atoms with E-state index < -0.39 is 9.84 Å². The summed E-state index contributed by atoms with van der Waals surface area (Å²) in [5.74, 6) is 0.445. The number of hydrogen-bond donors (Lipinski definition) is 1. The van der Waals surface area contributed by atoms with Gasteiger partial charge in [-0.1, -0.05) is 6.92 Å². The molecule has 1 N–H and O–H groups in total. The second kappa shape index (κ2) is 4.59. The number of hydrogen-bond acceptors (Lipinski definition) is 4. The Morgan fingerprint density at radius 2 is 2.21 bits per heavy atom. The van der Waals surface area contributed by atoms with Crippen molar-refractivity contribution >= 4 is 9.84 Å². The molecule has 1 saturated heterocycles. The van der Waals surface area contributed by atoms with Crippen LogP contribution in [0.3, 0.4) is 0 Å². The highest BCUT2D eigenvalue weighted by Crippen LogP contribution is 2.16. The lowest BCUT2D eigenvalue weighted by molar-refractivity contribution is 0.172. The second-order valence-electron chi connectivity index (χ2n) is 4.03. The minimum Gasteiger partial charge on any atom is -0.379 e. The zero-order chi connectivity index (χ0) is 10.7. The Bertz CT molecular complexity index is 268. The van der Waals surface area contributed by atoms with E-state index in [1.165, 1.54) is 0 Å². The maximum Gasteiger partial charge on any atom is 0.151 e.